The number of hydrogen-bond donors (Lipinski definition) is 1. The summed E-state index contributed by atoms with van der Waals surface area (Å²) < 4.78 is 1.52. The topological polar surface area (TPSA) is 110 Å². The highest BCUT2D eigenvalue weighted by molar-refractivity contribution is 5.75. The van der Waals surface area contributed by atoms with Crippen LogP contribution in [0.15, 0.2) is 24.9 Å². The summed E-state index contributed by atoms with van der Waals surface area (Å²) >= 11 is 0. The van der Waals surface area contributed by atoms with Crippen LogP contribution >= 0.6 is 0 Å². The van der Waals surface area contributed by atoms with Crippen molar-refractivity contribution in [2.45, 2.75) is 19.5 Å². The van der Waals surface area contributed by atoms with Gasteiger partial charge in [-0.15, -0.1) is 0 Å². The van der Waals surface area contributed by atoms with Gasteiger partial charge >= 0.3 is 5.82 Å². The molecule has 2 aromatic rings. The zero-order chi connectivity index (χ0) is 14.5. The van der Waals surface area contributed by atoms with Crippen molar-refractivity contribution in [2.24, 2.45) is 0 Å². The molecule has 0 bridgehead atoms. The molecule has 1 amide bonds. The third-order valence-corrected chi connectivity index (χ3v) is 2.76. The molecule has 2 aromatic heterocycles. The monoisotopic (exact) mass is 278 g/mol. The largest absolute Gasteiger partial charge is 0.381 e. The van der Waals surface area contributed by atoms with Crippen LogP contribution in [0, 0.1) is 10.1 Å². The Morgan fingerprint density at radius 1 is 1.55 bits per heavy atom. The molecular formula is C11H14N6O3. The fraction of sp³-hybridized carbons (Fsp3) is 0.364. The van der Waals surface area contributed by atoms with Gasteiger partial charge in [0, 0.05) is 32.4 Å². The molecule has 0 saturated heterocycles. The predicted octanol–water partition coefficient (Wildman–Crippen LogP) is 0.563. The van der Waals surface area contributed by atoms with Gasteiger partial charge in [0.1, 0.15) is 12.0 Å². The molecule has 0 spiro atoms. The normalized spacial score (nSPS) is 10.4. The Balaban J connectivity index is 1.83. The number of hydrogen-bond acceptors (Lipinski definition) is 5. The van der Waals surface area contributed by atoms with E-state index >= 15 is 0 Å². The van der Waals surface area contributed by atoms with Gasteiger partial charge < -0.3 is 24.6 Å². The average Bonchev–Trinajstić information content (AvgIpc) is 3.06. The minimum Gasteiger partial charge on any atom is -0.358 e. The zero-order valence-electron chi connectivity index (χ0n) is 10.9. The number of amides is 1. The van der Waals surface area contributed by atoms with E-state index < -0.39 is 4.92 Å². The maximum atomic E-state index is 11.9. The van der Waals surface area contributed by atoms with Crippen LogP contribution in [-0.2, 0) is 17.9 Å². The number of imidazole rings is 2. The second-order valence-electron chi connectivity index (χ2n) is 4.26. The first kappa shape index (κ1) is 13.7. The van der Waals surface area contributed by atoms with Crippen molar-refractivity contribution in [3.8, 4) is 0 Å². The van der Waals surface area contributed by atoms with Gasteiger partial charge in [-0.05, 0) is 9.91 Å². The SMILES string of the molecule is CN(Cc1ncc[nH]1)C(=O)CCn1cnc([N+](=O)[O-])c1. The first-order chi connectivity index (χ1) is 9.56. The number of carbonyl (C=O) groups excluding carboxylic acids is 1. The molecular weight excluding hydrogens is 264 g/mol. The standard InChI is InChI=1S/C11H14N6O3/c1-15(6-9-12-3-4-13-9)11(18)2-5-16-7-10(14-8-16)17(19)20/h3-4,7-8H,2,5-6H2,1H3,(H,12,13). The van der Waals surface area contributed by atoms with Crippen LogP contribution in [0.3, 0.4) is 0 Å². The number of nitrogens with zero attached hydrogens (tertiary/aromatic N) is 5. The van der Waals surface area contributed by atoms with Crippen LogP contribution in [0.1, 0.15) is 12.2 Å². The Morgan fingerprint density at radius 2 is 2.35 bits per heavy atom. The van der Waals surface area contributed by atoms with E-state index in [2.05, 4.69) is 15.0 Å². The molecule has 0 aliphatic heterocycles. The Bertz CT molecular complexity index is 591. The van der Waals surface area contributed by atoms with E-state index in [1.807, 2.05) is 0 Å². The van der Waals surface area contributed by atoms with Gasteiger partial charge in [-0.25, -0.2) is 4.98 Å². The number of H-pyrrole nitrogens is 1. The zero-order valence-corrected chi connectivity index (χ0v) is 10.9. The summed E-state index contributed by atoms with van der Waals surface area (Å²) in [5.41, 5.74) is 0. The van der Waals surface area contributed by atoms with Crippen LogP contribution < -0.4 is 0 Å². The molecule has 0 unspecified atom stereocenters. The Labute approximate surface area is 114 Å². The van der Waals surface area contributed by atoms with E-state index in [-0.39, 0.29) is 18.1 Å². The molecule has 0 fully saturated rings. The highest BCUT2D eigenvalue weighted by atomic mass is 16.6. The summed E-state index contributed by atoms with van der Waals surface area (Å²) in [6.45, 7) is 0.748. The number of rotatable bonds is 6. The molecule has 0 radical (unpaired) electrons. The minimum atomic E-state index is -0.568. The second-order valence-corrected chi connectivity index (χ2v) is 4.26. The highest BCUT2D eigenvalue weighted by Crippen LogP contribution is 2.07. The smallest absolute Gasteiger partial charge is 0.358 e. The molecule has 9 heteroatoms. The van der Waals surface area contributed by atoms with E-state index in [0.29, 0.717) is 18.9 Å². The average molecular weight is 278 g/mol. The number of nitrogens with one attached hydrogen (secondary N) is 1. The van der Waals surface area contributed by atoms with Crippen molar-refractivity contribution in [3.63, 3.8) is 0 Å². The molecule has 1 N–H and O–H groups in total. The van der Waals surface area contributed by atoms with Crippen molar-refractivity contribution in [1.82, 2.24) is 24.4 Å². The third-order valence-electron chi connectivity index (χ3n) is 2.76. The molecule has 0 aliphatic carbocycles. The number of aryl methyl sites for hydroxylation is 1. The van der Waals surface area contributed by atoms with Crippen LogP contribution in [0.25, 0.3) is 0 Å². The number of nitro groups is 1. The Kier molecular flexibility index (Phi) is 4.08. The van der Waals surface area contributed by atoms with Crippen molar-refractivity contribution < 1.29 is 9.72 Å². The molecule has 0 aliphatic rings. The maximum Gasteiger partial charge on any atom is 0.381 e. The van der Waals surface area contributed by atoms with Crippen molar-refractivity contribution in [3.05, 3.63) is 40.9 Å². The summed E-state index contributed by atoms with van der Waals surface area (Å²) in [6.07, 6.45) is 6.21. The molecule has 0 saturated carbocycles. The molecule has 0 atom stereocenters. The summed E-state index contributed by atoms with van der Waals surface area (Å²) in [4.78, 5) is 33.9. The van der Waals surface area contributed by atoms with Gasteiger partial charge in [0.05, 0.1) is 6.54 Å². The van der Waals surface area contributed by atoms with Crippen LogP contribution in [0.5, 0.6) is 0 Å². The number of aromatic amines is 1. The van der Waals surface area contributed by atoms with Crippen molar-refractivity contribution >= 4 is 11.7 Å². The van der Waals surface area contributed by atoms with Gasteiger partial charge in [0.2, 0.25) is 12.2 Å². The van der Waals surface area contributed by atoms with E-state index in [9.17, 15) is 14.9 Å². The molecule has 2 heterocycles. The lowest BCUT2D eigenvalue weighted by Crippen LogP contribution is -2.27. The van der Waals surface area contributed by atoms with Gasteiger partial charge in [-0.1, -0.05) is 0 Å². The van der Waals surface area contributed by atoms with Crippen molar-refractivity contribution in [2.75, 3.05) is 7.05 Å². The predicted molar refractivity (Wildman–Crippen MR) is 68.6 cm³/mol. The summed E-state index contributed by atoms with van der Waals surface area (Å²) in [6, 6.07) is 0. The fourth-order valence-corrected chi connectivity index (χ4v) is 1.68. The first-order valence-corrected chi connectivity index (χ1v) is 5.94. The lowest BCUT2D eigenvalue weighted by Gasteiger charge is -2.15. The lowest BCUT2D eigenvalue weighted by atomic mass is 10.3. The maximum absolute atomic E-state index is 11.9. The van der Waals surface area contributed by atoms with Crippen LogP contribution in [0.2, 0.25) is 0 Å². The van der Waals surface area contributed by atoms with Gasteiger partial charge in [-0.2, -0.15) is 0 Å². The first-order valence-electron chi connectivity index (χ1n) is 5.94. The summed E-state index contributed by atoms with van der Waals surface area (Å²) in [5.74, 6) is 0.415. The lowest BCUT2D eigenvalue weighted by molar-refractivity contribution is -0.389. The minimum absolute atomic E-state index is 0.0715. The van der Waals surface area contributed by atoms with Gasteiger partial charge in [0.25, 0.3) is 0 Å². The number of carbonyl (C=O) groups is 1. The van der Waals surface area contributed by atoms with E-state index in [1.165, 1.54) is 17.1 Å². The van der Waals surface area contributed by atoms with Gasteiger partial charge in [0.15, 0.2) is 0 Å². The molecule has 0 aromatic carbocycles. The van der Waals surface area contributed by atoms with Crippen molar-refractivity contribution in [1.29, 1.82) is 0 Å². The Hall–Kier alpha value is -2.71. The van der Waals surface area contributed by atoms with Gasteiger partial charge in [-0.3, -0.25) is 4.79 Å². The molecule has 106 valence electrons. The van der Waals surface area contributed by atoms with E-state index in [1.54, 1.807) is 24.3 Å². The molecule has 20 heavy (non-hydrogen) atoms. The third kappa shape index (κ3) is 3.40. The fourth-order valence-electron chi connectivity index (χ4n) is 1.68. The number of aromatic nitrogens is 4. The second kappa shape index (κ2) is 5.95. The Morgan fingerprint density at radius 3 is 2.95 bits per heavy atom. The van der Waals surface area contributed by atoms with E-state index in [4.69, 9.17) is 0 Å². The summed E-state index contributed by atoms with van der Waals surface area (Å²) in [5, 5.41) is 10.5. The molecule has 2 rings (SSSR count). The molecule has 9 nitrogen and oxygen atoms in total. The highest BCUT2D eigenvalue weighted by Gasteiger charge is 2.13. The van der Waals surface area contributed by atoms with E-state index in [0.717, 1.165) is 0 Å². The summed E-state index contributed by atoms with van der Waals surface area (Å²) in [7, 11) is 1.68. The van der Waals surface area contributed by atoms with Crippen LogP contribution in [-0.4, -0.2) is 42.3 Å². The quantitative estimate of drug-likeness (QED) is 0.613. The van der Waals surface area contributed by atoms with Crippen LogP contribution in [0.4, 0.5) is 5.82 Å².